The zero-order valence-electron chi connectivity index (χ0n) is 17.7. The number of amides is 1. The number of nitriles is 1. The number of sulfonamides is 1. The van der Waals surface area contributed by atoms with E-state index in [0.717, 1.165) is 0 Å². The number of piperidine rings is 1. The molecule has 1 fully saturated rings. The van der Waals surface area contributed by atoms with Gasteiger partial charge in [0.15, 0.2) is 0 Å². The number of nitrogens with zero attached hydrogens (tertiary/aromatic N) is 2. The maximum absolute atomic E-state index is 13.0. The van der Waals surface area contributed by atoms with Gasteiger partial charge in [-0.15, -0.1) is 0 Å². The molecule has 0 radical (unpaired) electrons. The first-order valence-electron chi connectivity index (χ1n) is 9.77. The number of alkyl carbamates (subject to hydrolysis) is 1. The van der Waals surface area contributed by atoms with Gasteiger partial charge in [0, 0.05) is 25.2 Å². The minimum absolute atomic E-state index is 0.0141. The first-order valence-corrected chi connectivity index (χ1v) is 11.2. The van der Waals surface area contributed by atoms with Crippen LogP contribution in [-0.4, -0.2) is 61.4 Å². The maximum atomic E-state index is 13.0. The summed E-state index contributed by atoms with van der Waals surface area (Å²) in [6.45, 7) is 7.17. The van der Waals surface area contributed by atoms with Crippen LogP contribution in [-0.2, 0) is 14.8 Å². The number of nitrogens with one attached hydrogen (secondary N) is 1. The van der Waals surface area contributed by atoms with Gasteiger partial charge in [-0.25, -0.2) is 13.2 Å². The predicted molar refractivity (Wildman–Crippen MR) is 109 cm³/mol. The van der Waals surface area contributed by atoms with Crippen molar-refractivity contribution in [1.29, 1.82) is 5.26 Å². The summed E-state index contributed by atoms with van der Waals surface area (Å²) < 4.78 is 38.2. The van der Waals surface area contributed by atoms with Crippen LogP contribution in [0.1, 0.15) is 46.1 Å². The van der Waals surface area contributed by atoms with Crippen LogP contribution >= 0.6 is 0 Å². The van der Waals surface area contributed by atoms with Crippen molar-refractivity contribution < 1.29 is 27.8 Å². The molecule has 2 N–H and O–H groups in total. The monoisotopic (exact) mass is 439 g/mol. The van der Waals surface area contributed by atoms with Crippen molar-refractivity contribution in [3.05, 3.63) is 23.8 Å². The van der Waals surface area contributed by atoms with Gasteiger partial charge in [0.05, 0.1) is 17.1 Å². The largest absolute Gasteiger partial charge is 0.487 e. The number of aliphatic hydroxyl groups is 1. The molecule has 1 heterocycles. The zero-order valence-corrected chi connectivity index (χ0v) is 18.5. The van der Waals surface area contributed by atoms with Crippen molar-refractivity contribution in [2.24, 2.45) is 0 Å². The van der Waals surface area contributed by atoms with E-state index in [2.05, 4.69) is 5.32 Å². The maximum Gasteiger partial charge on any atom is 0.407 e. The Kier molecular flexibility index (Phi) is 7.69. The number of carbonyl (C=O) groups excluding carboxylic acids is 1. The minimum Gasteiger partial charge on any atom is -0.487 e. The fraction of sp³-hybridized carbons (Fsp3) is 0.600. The number of ether oxygens (including phenoxy) is 2. The average Bonchev–Trinajstić information content (AvgIpc) is 2.66. The molecule has 0 unspecified atom stereocenters. The third-order valence-corrected chi connectivity index (χ3v) is 6.37. The summed E-state index contributed by atoms with van der Waals surface area (Å²) in [6.07, 6.45) is -0.181. The van der Waals surface area contributed by atoms with Crippen molar-refractivity contribution in [2.75, 3.05) is 19.7 Å². The van der Waals surface area contributed by atoms with E-state index >= 15 is 0 Å². The lowest BCUT2D eigenvalue weighted by atomic mass is 10.1. The molecule has 1 amide bonds. The highest BCUT2D eigenvalue weighted by Gasteiger charge is 2.31. The van der Waals surface area contributed by atoms with Crippen LogP contribution in [0.5, 0.6) is 5.75 Å². The van der Waals surface area contributed by atoms with Gasteiger partial charge in [0.2, 0.25) is 10.0 Å². The highest BCUT2D eigenvalue weighted by Crippen LogP contribution is 2.27. The molecule has 0 aliphatic carbocycles. The Hall–Kier alpha value is -2.35. The van der Waals surface area contributed by atoms with Gasteiger partial charge in [-0.2, -0.15) is 9.57 Å². The van der Waals surface area contributed by atoms with Gasteiger partial charge >= 0.3 is 6.09 Å². The van der Waals surface area contributed by atoms with Crippen LogP contribution in [0.2, 0.25) is 0 Å². The predicted octanol–water partition coefficient (Wildman–Crippen LogP) is 2.00. The number of carbonyl (C=O) groups is 1. The molecular formula is C20H29N3O6S. The third-order valence-electron chi connectivity index (χ3n) is 4.47. The van der Waals surface area contributed by atoms with Crippen molar-refractivity contribution in [2.45, 2.75) is 63.2 Å². The lowest BCUT2D eigenvalue weighted by Crippen LogP contribution is -2.47. The standard InChI is InChI=1S/C20H29N3O6S/c1-14(13-24)28-18-11-17(6-5-15(18)12-21)30(26,27)23-9-7-16(8-10-23)22-19(25)29-20(2,3)4/h5-6,11,14,16,24H,7-10,13H2,1-4H3,(H,22,25)/t14-/m1/s1. The van der Waals surface area contributed by atoms with E-state index in [9.17, 15) is 18.5 Å². The number of rotatable bonds is 6. The van der Waals surface area contributed by atoms with E-state index in [0.29, 0.717) is 12.8 Å². The van der Waals surface area contributed by atoms with Gasteiger partial charge in [-0.1, -0.05) is 0 Å². The van der Waals surface area contributed by atoms with Gasteiger partial charge in [0.25, 0.3) is 0 Å². The molecule has 1 saturated heterocycles. The molecule has 1 aromatic rings. The van der Waals surface area contributed by atoms with E-state index in [4.69, 9.17) is 14.6 Å². The van der Waals surface area contributed by atoms with Crippen LogP contribution in [0.3, 0.4) is 0 Å². The molecule has 10 heteroatoms. The SMILES string of the molecule is C[C@H](CO)Oc1cc(S(=O)(=O)N2CCC(NC(=O)OC(C)(C)C)CC2)ccc1C#N. The summed E-state index contributed by atoms with van der Waals surface area (Å²) >= 11 is 0. The molecule has 30 heavy (non-hydrogen) atoms. The van der Waals surface area contributed by atoms with Crippen LogP contribution in [0.4, 0.5) is 4.79 Å². The summed E-state index contributed by atoms with van der Waals surface area (Å²) in [5.41, 5.74) is -0.411. The normalized spacial score (nSPS) is 17.1. The summed E-state index contributed by atoms with van der Waals surface area (Å²) in [4.78, 5) is 11.9. The van der Waals surface area contributed by atoms with Crippen molar-refractivity contribution in [1.82, 2.24) is 9.62 Å². The third kappa shape index (κ3) is 6.32. The Balaban J connectivity index is 2.08. The summed E-state index contributed by atoms with van der Waals surface area (Å²) in [6, 6.07) is 5.86. The van der Waals surface area contributed by atoms with E-state index in [1.807, 2.05) is 6.07 Å². The number of benzene rings is 1. The Labute approximate surface area is 177 Å². The number of aliphatic hydroxyl groups excluding tert-OH is 1. The topological polar surface area (TPSA) is 129 Å². The van der Waals surface area contributed by atoms with E-state index < -0.39 is 27.8 Å². The number of hydrogen-bond donors (Lipinski definition) is 2. The molecule has 1 aliphatic rings. The van der Waals surface area contributed by atoms with Gasteiger partial charge in [-0.3, -0.25) is 0 Å². The molecule has 1 aliphatic heterocycles. The van der Waals surface area contributed by atoms with Crippen LogP contribution in [0, 0.1) is 11.3 Å². The smallest absolute Gasteiger partial charge is 0.407 e. The molecule has 1 atom stereocenters. The fourth-order valence-corrected chi connectivity index (χ4v) is 4.46. The highest BCUT2D eigenvalue weighted by atomic mass is 32.2. The fourth-order valence-electron chi connectivity index (χ4n) is 2.97. The molecule has 0 aromatic heterocycles. The van der Waals surface area contributed by atoms with Crippen molar-refractivity contribution in [3.8, 4) is 11.8 Å². The lowest BCUT2D eigenvalue weighted by Gasteiger charge is -2.32. The van der Waals surface area contributed by atoms with Gasteiger partial charge < -0.3 is 19.9 Å². The minimum atomic E-state index is -3.80. The summed E-state index contributed by atoms with van der Waals surface area (Å²) in [5.74, 6) is 0.113. The molecule has 166 valence electrons. The second-order valence-electron chi connectivity index (χ2n) is 8.21. The second-order valence-corrected chi connectivity index (χ2v) is 10.1. The molecule has 1 aromatic carbocycles. The van der Waals surface area contributed by atoms with Gasteiger partial charge in [0.1, 0.15) is 23.5 Å². The number of hydrogen-bond acceptors (Lipinski definition) is 7. The molecule has 0 spiro atoms. The Morgan fingerprint density at radius 2 is 2.00 bits per heavy atom. The van der Waals surface area contributed by atoms with E-state index in [-0.39, 0.29) is 41.9 Å². The molecule has 9 nitrogen and oxygen atoms in total. The van der Waals surface area contributed by atoms with Crippen molar-refractivity contribution in [3.63, 3.8) is 0 Å². The van der Waals surface area contributed by atoms with Crippen LogP contribution < -0.4 is 10.1 Å². The first-order chi connectivity index (χ1) is 14.0. The second kappa shape index (κ2) is 9.64. The molecule has 0 bridgehead atoms. The van der Waals surface area contributed by atoms with Gasteiger partial charge in [-0.05, 0) is 52.7 Å². The Morgan fingerprint density at radius 1 is 1.37 bits per heavy atom. The quantitative estimate of drug-likeness (QED) is 0.693. The lowest BCUT2D eigenvalue weighted by molar-refractivity contribution is 0.0489. The van der Waals surface area contributed by atoms with E-state index in [1.165, 1.54) is 22.5 Å². The highest BCUT2D eigenvalue weighted by molar-refractivity contribution is 7.89. The van der Waals surface area contributed by atoms with E-state index in [1.54, 1.807) is 27.7 Å². The summed E-state index contributed by atoms with van der Waals surface area (Å²) in [7, 11) is -3.80. The summed E-state index contributed by atoms with van der Waals surface area (Å²) in [5, 5.41) is 21.2. The van der Waals surface area contributed by atoms with Crippen molar-refractivity contribution >= 4 is 16.1 Å². The zero-order chi connectivity index (χ0) is 22.5. The Morgan fingerprint density at radius 3 is 2.53 bits per heavy atom. The molecular weight excluding hydrogens is 410 g/mol. The van der Waals surface area contributed by atoms with Crippen LogP contribution in [0.25, 0.3) is 0 Å². The molecule has 2 rings (SSSR count). The van der Waals surface area contributed by atoms with Crippen LogP contribution in [0.15, 0.2) is 23.1 Å². The average molecular weight is 440 g/mol. The Bertz CT molecular complexity index is 896. The first kappa shape index (κ1) is 23.9. The molecule has 0 saturated carbocycles.